The Morgan fingerprint density at radius 3 is 2.75 bits per heavy atom. The number of thioether (sulfide) groups is 1. The SMILES string of the molecule is CCCSc1ccc([N+](=O)[O-])c(NC2=CC(=O)N(CCO)C2=O)c1. The van der Waals surface area contributed by atoms with Crippen molar-refractivity contribution < 1.29 is 19.6 Å². The van der Waals surface area contributed by atoms with E-state index in [0.717, 1.165) is 28.0 Å². The first kappa shape index (κ1) is 18.0. The number of aliphatic hydroxyl groups excluding tert-OH is 1. The number of benzene rings is 1. The zero-order chi connectivity index (χ0) is 17.7. The van der Waals surface area contributed by atoms with Crippen LogP contribution in [0.1, 0.15) is 13.3 Å². The van der Waals surface area contributed by atoms with Gasteiger partial charge in [-0.2, -0.15) is 0 Å². The van der Waals surface area contributed by atoms with Crippen LogP contribution < -0.4 is 5.32 Å². The molecule has 0 bridgehead atoms. The molecular formula is C15H17N3O5S. The van der Waals surface area contributed by atoms with E-state index in [1.807, 2.05) is 6.92 Å². The molecule has 0 fully saturated rings. The van der Waals surface area contributed by atoms with Crippen LogP contribution in [0.4, 0.5) is 11.4 Å². The second-order valence-corrected chi connectivity index (χ2v) is 6.15. The van der Waals surface area contributed by atoms with Gasteiger partial charge in [-0.3, -0.25) is 24.6 Å². The topological polar surface area (TPSA) is 113 Å². The number of rotatable bonds is 8. The first-order chi connectivity index (χ1) is 11.5. The molecule has 0 atom stereocenters. The van der Waals surface area contributed by atoms with Gasteiger partial charge in [-0.25, -0.2) is 0 Å². The summed E-state index contributed by atoms with van der Waals surface area (Å²) in [6.07, 6.45) is 2.03. The Labute approximate surface area is 142 Å². The third kappa shape index (κ3) is 3.92. The molecule has 1 aromatic rings. The number of carbonyl (C=O) groups excluding carboxylic acids is 2. The fourth-order valence-corrected chi connectivity index (χ4v) is 2.94. The third-order valence-electron chi connectivity index (χ3n) is 3.24. The maximum Gasteiger partial charge on any atom is 0.292 e. The van der Waals surface area contributed by atoms with Crippen molar-refractivity contribution in [3.05, 3.63) is 40.1 Å². The molecule has 0 radical (unpaired) electrons. The van der Waals surface area contributed by atoms with Crippen molar-refractivity contribution in [2.75, 3.05) is 24.2 Å². The summed E-state index contributed by atoms with van der Waals surface area (Å²) in [6.45, 7) is 1.57. The number of nitrogens with one attached hydrogen (secondary N) is 1. The largest absolute Gasteiger partial charge is 0.395 e. The molecule has 2 N–H and O–H groups in total. The van der Waals surface area contributed by atoms with Crippen molar-refractivity contribution in [3.8, 4) is 0 Å². The Balaban J connectivity index is 2.27. The molecule has 0 aromatic heterocycles. The van der Waals surface area contributed by atoms with Crippen LogP contribution in [0.15, 0.2) is 34.9 Å². The monoisotopic (exact) mass is 351 g/mol. The van der Waals surface area contributed by atoms with E-state index in [-0.39, 0.29) is 30.2 Å². The Hall–Kier alpha value is -2.39. The molecule has 128 valence electrons. The van der Waals surface area contributed by atoms with Gasteiger partial charge in [0.1, 0.15) is 11.4 Å². The predicted octanol–water partition coefficient (Wildman–Crippen LogP) is 1.75. The van der Waals surface area contributed by atoms with Gasteiger partial charge in [0, 0.05) is 17.0 Å². The van der Waals surface area contributed by atoms with E-state index in [4.69, 9.17) is 5.11 Å². The van der Waals surface area contributed by atoms with Crippen LogP contribution >= 0.6 is 11.8 Å². The van der Waals surface area contributed by atoms with Gasteiger partial charge in [0.25, 0.3) is 17.5 Å². The molecule has 24 heavy (non-hydrogen) atoms. The minimum atomic E-state index is -0.616. The summed E-state index contributed by atoms with van der Waals surface area (Å²) in [5.74, 6) is -0.313. The average molecular weight is 351 g/mol. The number of anilines is 1. The summed E-state index contributed by atoms with van der Waals surface area (Å²) in [5.41, 5.74) is -0.0776. The molecule has 1 aliphatic heterocycles. The minimum Gasteiger partial charge on any atom is -0.395 e. The molecule has 1 heterocycles. The molecule has 0 saturated carbocycles. The number of imide groups is 1. The summed E-state index contributed by atoms with van der Waals surface area (Å²) in [5, 5.41) is 22.8. The van der Waals surface area contributed by atoms with Crippen LogP contribution in [-0.4, -0.2) is 45.6 Å². The highest BCUT2D eigenvalue weighted by atomic mass is 32.2. The van der Waals surface area contributed by atoms with Crippen LogP contribution in [0, 0.1) is 10.1 Å². The zero-order valence-corrected chi connectivity index (χ0v) is 13.8. The number of hydrogen-bond donors (Lipinski definition) is 2. The molecule has 2 amide bonds. The maximum atomic E-state index is 12.1. The van der Waals surface area contributed by atoms with Crippen molar-refractivity contribution in [2.45, 2.75) is 18.2 Å². The highest BCUT2D eigenvalue weighted by Gasteiger charge is 2.31. The Morgan fingerprint density at radius 2 is 2.12 bits per heavy atom. The highest BCUT2D eigenvalue weighted by molar-refractivity contribution is 7.99. The van der Waals surface area contributed by atoms with Gasteiger partial charge in [0.05, 0.1) is 18.1 Å². The molecule has 1 aromatic carbocycles. The van der Waals surface area contributed by atoms with Gasteiger partial charge in [-0.15, -0.1) is 11.8 Å². The maximum absolute atomic E-state index is 12.1. The van der Waals surface area contributed by atoms with Crippen molar-refractivity contribution in [2.24, 2.45) is 0 Å². The molecule has 0 spiro atoms. The second-order valence-electron chi connectivity index (χ2n) is 4.99. The van der Waals surface area contributed by atoms with Crippen molar-refractivity contribution in [1.29, 1.82) is 0 Å². The van der Waals surface area contributed by atoms with Gasteiger partial charge in [-0.05, 0) is 24.3 Å². The van der Waals surface area contributed by atoms with Crippen LogP contribution in [0.25, 0.3) is 0 Å². The summed E-state index contributed by atoms with van der Waals surface area (Å²) >= 11 is 1.55. The fourth-order valence-electron chi connectivity index (χ4n) is 2.14. The summed E-state index contributed by atoms with van der Waals surface area (Å²) < 4.78 is 0. The third-order valence-corrected chi connectivity index (χ3v) is 4.44. The van der Waals surface area contributed by atoms with Gasteiger partial charge in [-0.1, -0.05) is 6.92 Å². The van der Waals surface area contributed by atoms with Gasteiger partial charge in [0.15, 0.2) is 0 Å². The van der Waals surface area contributed by atoms with E-state index >= 15 is 0 Å². The lowest BCUT2D eigenvalue weighted by Crippen LogP contribution is -2.34. The van der Waals surface area contributed by atoms with Crippen molar-refractivity contribution in [3.63, 3.8) is 0 Å². The quantitative estimate of drug-likeness (QED) is 0.317. The summed E-state index contributed by atoms with van der Waals surface area (Å²) in [4.78, 5) is 36.2. The normalized spacial score (nSPS) is 14.1. The lowest BCUT2D eigenvalue weighted by atomic mass is 10.2. The van der Waals surface area contributed by atoms with Gasteiger partial charge in [0.2, 0.25) is 0 Å². The molecule has 0 aliphatic carbocycles. The minimum absolute atomic E-state index is 0.0470. The highest BCUT2D eigenvalue weighted by Crippen LogP contribution is 2.32. The number of amides is 2. The van der Waals surface area contributed by atoms with Crippen LogP contribution in [0.5, 0.6) is 0 Å². The van der Waals surface area contributed by atoms with E-state index in [1.165, 1.54) is 6.07 Å². The number of hydrogen-bond acceptors (Lipinski definition) is 7. The standard InChI is InChI=1S/C15H17N3O5S/c1-2-7-24-10-3-4-13(18(22)23)11(8-10)16-12-9-14(20)17(5-6-19)15(12)21/h3-4,8-9,16,19H,2,5-7H2,1H3. The van der Waals surface area contributed by atoms with Crippen molar-refractivity contribution >= 4 is 35.0 Å². The molecule has 1 aliphatic rings. The Bertz CT molecular complexity index is 704. The second kappa shape index (κ2) is 7.93. The predicted molar refractivity (Wildman–Crippen MR) is 89.6 cm³/mol. The lowest BCUT2D eigenvalue weighted by Gasteiger charge is -2.13. The molecule has 8 nitrogen and oxygen atoms in total. The van der Waals surface area contributed by atoms with E-state index in [1.54, 1.807) is 23.9 Å². The van der Waals surface area contributed by atoms with Crippen LogP contribution in [0.3, 0.4) is 0 Å². The van der Waals surface area contributed by atoms with E-state index in [0.29, 0.717) is 0 Å². The van der Waals surface area contributed by atoms with Crippen LogP contribution in [0.2, 0.25) is 0 Å². The van der Waals surface area contributed by atoms with Gasteiger partial charge >= 0.3 is 0 Å². The number of carbonyl (C=O) groups is 2. The molecule has 9 heteroatoms. The number of aliphatic hydroxyl groups is 1. The molecule has 0 unspecified atom stereocenters. The lowest BCUT2D eigenvalue weighted by molar-refractivity contribution is -0.384. The number of nitrogens with zero attached hydrogens (tertiary/aromatic N) is 2. The van der Waals surface area contributed by atoms with Crippen molar-refractivity contribution in [1.82, 2.24) is 4.90 Å². The number of nitro benzene ring substituents is 1. The van der Waals surface area contributed by atoms with E-state index < -0.39 is 16.7 Å². The first-order valence-electron chi connectivity index (χ1n) is 7.34. The van der Waals surface area contributed by atoms with Crippen LogP contribution in [-0.2, 0) is 9.59 Å². The molecule has 0 saturated heterocycles. The fraction of sp³-hybridized carbons (Fsp3) is 0.333. The zero-order valence-electron chi connectivity index (χ0n) is 13.0. The summed E-state index contributed by atoms with van der Waals surface area (Å²) in [7, 11) is 0. The Morgan fingerprint density at radius 1 is 1.38 bits per heavy atom. The van der Waals surface area contributed by atoms with E-state index in [9.17, 15) is 19.7 Å². The van der Waals surface area contributed by atoms with E-state index in [2.05, 4.69) is 5.32 Å². The number of nitro groups is 1. The van der Waals surface area contributed by atoms with Gasteiger partial charge < -0.3 is 10.4 Å². The average Bonchev–Trinajstić information content (AvgIpc) is 2.80. The Kier molecular flexibility index (Phi) is 5.93. The summed E-state index contributed by atoms with van der Waals surface area (Å²) in [6, 6.07) is 4.61. The molecular weight excluding hydrogens is 334 g/mol. The first-order valence-corrected chi connectivity index (χ1v) is 8.33. The smallest absolute Gasteiger partial charge is 0.292 e. The molecule has 2 rings (SSSR count). The number of β-amino-alcohol motifs (C(OH)–C–C–N with tert-alkyl or cyclic N) is 1.